The lowest BCUT2D eigenvalue weighted by atomic mass is 9.90. The summed E-state index contributed by atoms with van der Waals surface area (Å²) in [7, 11) is 0. The summed E-state index contributed by atoms with van der Waals surface area (Å²) in [5.74, 6) is 0. The van der Waals surface area contributed by atoms with Crippen LogP contribution in [0.5, 0.6) is 0 Å². The number of carbonyl (C=O) groups is 1. The van der Waals surface area contributed by atoms with Crippen LogP contribution in [0.25, 0.3) is 6.08 Å². The molecular formula is C14H16O. The van der Waals surface area contributed by atoms with Gasteiger partial charge in [0.2, 0.25) is 0 Å². The lowest BCUT2D eigenvalue weighted by Crippen LogP contribution is -2.09. The molecule has 0 saturated carbocycles. The Labute approximate surface area is 90.8 Å². The van der Waals surface area contributed by atoms with E-state index in [1.807, 2.05) is 6.08 Å². The molecule has 1 aromatic rings. The fourth-order valence-electron chi connectivity index (χ4n) is 2.33. The predicted molar refractivity (Wildman–Crippen MR) is 62.7 cm³/mol. The van der Waals surface area contributed by atoms with Crippen molar-refractivity contribution in [1.29, 1.82) is 0 Å². The van der Waals surface area contributed by atoms with Crippen LogP contribution in [-0.4, -0.2) is 6.29 Å². The highest BCUT2D eigenvalue weighted by Gasteiger charge is 2.27. The minimum Gasteiger partial charge on any atom is -0.299 e. The molecule has 1 aliphatic carbocycles. The average Bonchev–Trinajstić information content (AvgIpc) is 2.47. The zero-order chi connectivity index (χ0) is 10.9. The number of fused-ring (bicyclic) bond motifs is 1. The van der Waals surface area contributed by atoms with Crippen molar-refractivity contribution >= 4 is 12.4 Å². The van der Waals surface area contributed by atoms with Crippen molar-refractivity contribution in [2.24, 2.45) is 5.41 Å². The number of carbonyl (C=O) groups excluding carboxylic acids is 1. The monoisotopic (exact) mass is 200 g/mol. The van der Waals surface area contributed by atoms with Crippen LogP contribution in [0, 0.1) is 5.41 Å². The van der Waals surface area contributed by atoms with Crippen molar-refractivity contribution < 1.29 is 4.79 Å². The van der Waals surface area contributed by atoms with Gasteiger partial charge < -0.3 is 0 Å². The molecule has 0 bridgehead atoms. The molecule has 0 heterocycles. The summed E-state index contributed by atoms with van der Waals surface area (Å²) < 4.78 is 0. The van der Waals surface area contributed by atoms with Crippen LogP contribution in [-0.2, 0) is 17.6 Å². The van der Waals surface area contributed by atoms with E-state index in [1.54, 1.807) is 6.08 Å². The zero-order valence-corrected chi connectivity index (χ0v) is 9.29. The van der Waals surface area contributed by atoms with Gasteiger partial charge in [-0.2, -0.15) is 0 Å². The zero-order valence-electron chi connectivity index (χ0n) is 9.29. The number of hydrogen-bond donors (Lipinski definition) is 0. The number of hydrogen-bond acceptors (Lipinski definition) is 1. The molecule has 2 rings (SSSR count). The Morgan fingerprint density at radius 1 is 1.20 bits per heavy atom. The second-order valence-electron chi connectivity index (χ2n) is 5.04. The maximum absolute atomic E-state index is 10.2. The summed E-state index contributed by atoms with van der Waals surface area (Å²) in [4.78, 5) is 10.2. The smallest absolute Gasteiger partial charge is 0.142 e. The summed E-state index contributed by atoms with van der Waals surface area (Å²) in [5, 5.41) is 0. The maximum Gasteiger partial charge on any atom is 0.142 e. The Kier molecular flexibility index (Phi) is 2.47. The number of benzene rings is 1. The molecule has 0 N–H and O–H groups in total. The van der Waals surface area contributed by atoms with Gasteiger partial charge in [0.15, 0.2) is 0 Å². The fourth-order valence-corrected chi connectivity index (χ4v) is 2.33. The first-order valence-electron chi connectivity index (χ1n) is 5.34. The van der Waals surface area contributed by atoms with Crippen LogP contribution in [0.15, 0.2) is 24.3 Å². The van der Waals surface area contributed by atoms with Gasteiger partial charge in [0.1, 0.15) is 6.29 Å². The molecule has 0 aromatic heterocycles. The van der Waals surface area contributed by atoms with Crippen LogP contribution >= 0.6 is 0 Å². The molecule has 0 atom stereocenters. The molecule has 0 amide bonds. The summed E-state index contributed by atoms with van der Waals surface area (Å²) in [6, 6.07) is 6.47. The van der Waals surface area contributed by atoms with Crippen LogP contribution in [0.2, 0.25) is 0 Å². The Morgan fingerprint density at radius 3 is 2.67 bits per heavy atom. The van der Waals surface area contributed by atoms with Gasteiger partial charge in [0, 0.05) is 0 Å². The third kappa shape index (κ3) is 2.17. The molecule has 0 radical (unpaired) electrons. The number of allylic oxidation sites excluding steroid dienone is 1. The fraction of sp³-hybridized carbons (Fsp3) is 0.357. The van der Waals surface area contributed by atoms with Crippen molar-refractivity contribution in [3.05, 3.63) is 41.0 Å². The first-order chi connectivity index (χ1) is 7.11. The van der Waals surface area contributed by atoms with E-state index in [4.69, 9.17) is 0 Å². The van der Waals surface area contributed by atoms with E-state index in [1.165, 1.54) is 17.5 Å². The molecule has 0 fully saturated rings. The van der Waals surface area contributed by atoms with Gasteiger partial charge in [0.05, 0.1) is 0 Å². The molecule has 0 aliphatic heterocycles. The second-order valence-corrected chi connectivity index (χ2v) is 5.04. The highest BCUT2D eigenvalue weighted by Crippen LogP contribution is 2.36. The van der Waals surface area contributed by atoms with E-state index in [0.717, 1.165) is 18.3 Å². The van der Waals surface area contributed by atoms with Gasteiger partial charge >= 0.3 is 0 Å². The van der Waals surface area contributed by atoms with E-state index in [9.17, 15) is 4.79 Å². The molecule has 0 saturated heterocycles. The summed E-state index contributed by atoms with van der Waals surface area (Å²) in [6.07, 6.45) is 6.53. The van der Waals surface area contributed by atoms with Gasteiger partial charge in [-0.1, -0.05) is 38.1 Å². The van der Waals surface area contributed by atoms with Gasteiger partial charge in [0.25, 0.3) is 0 Å². The lowest BCUT2D eigenvalue weighted by molar-refractivity contribution is -0.104. The van der Waals surface area contributed by atoms with Crippen LogP contribution < -0.4 is 0 Å². The number of aldehydes is 1. The SMILES string of the molecule is CC1(C)Cc2ccc(C=CC=O)cc2C1. The minimum absolute atomic E-state index is 0.398. The summed E-state index contributed by atoms with van der Waals surface area (Å²) >= 11 is 0. The van der Waals surface area contributed by atoms with Crippen molar-refractivity contribution in [3.63, 3.8) is 0 Å². The molecule has 78 valence electrons. The van der Waals surface area contributed by atoms with E-state index in [2.05, 4.69) is 32.0 Å². The van der Waals surface area contributed by atoms with E-state index in [-0.39, 0.29) is 0 Å². The van der Waals surface area contributed by atoms with Crippen LogP contribution in [0.3, 0.4) is 0 Å². The molecule has 1 aliphatic rings. The van der Waals surface area contributed by atoms with Gasteiger partial charge in [-0.15, -0.1) is 0 Å². The van der Waals surface area contributed by atoms with Gasteiger partial charge in [-0.25, -0.2) is 0 Å². The molecular weight excluding hydrogens is 184 g/mol. The standard InChI is InChI=1S/C14H16O/c1-14(2)9-12-6-5-11(4-3-7-15)8-13(12)10-14/h3-8H,9-10H2,1-2H3. The van der Waals surface area contributed by atoms with Crippen LogP contribution in [0.1, 0.15) is 30.5 Å². The molecule has 1 heteroatoms. The Bertz CT molecular complexity index is 413. The van der Waals surface area contributed by atoms with Gasteiger partial charge in [-0.3, -0.25) is 4.79 Å². The highest BCUT2D eigenvalue weighted by atomic mass is 16.1. The Hall–Kier alpha value is -1.37. The first kappa shape index (κ1) is 10.2. The largest absolute Gasteiger partial charge is 0.299 e. The minimum atomic E-state index is 0.398. The quantitative estimate of drug-likeness (QED) is 0.529. The Balaban J connectivity index is 2.30. The lowest BCUT2D eigenvalue weighted by Gasteiger charge is -2.14. The topological polar surface area (TPSA) is 17.1 Å². The molecule has 1 aromatic carbocycles. The van der Waals surface area contributed by atoms with Crippen molar-refractivity contribution in [1.82, 2.24) is 0 Å². The summed E-state index contributed by atoms with van der Waals surface area (Å²) in [6.45, 7) is 4.60. The maximum atomic E-state index is 10.2. The molecule has 0 unspecified atom stereocenters. The normalized spacial score (nSPS) is 18.0. The molecule has 1 nitrogen and oxygen atoms in total. The van der Waals surface area contributed by atoms with E-state index < -0.39 is 0 Å². The van der Waals surface area contributed by atoms with Crippen LogP contribution in [0.4, 0.5) is 0 Å². The third-order valence-corrected chi connectivity index (χ3v) is 2.94. The first-order valence-corrected chi connectivity index (χ1v) is 5.34. The number of rotatable bonds is 2. The molecule has 15 heavy (non-hydrogen) atoms. The average molecular weight is 200 g/mol. The summed E-state index contributed by atoms with van der Waals surface area (Å²) in [5.41, 5.74) is 4.42. The molecule has 0 spiro atoms. The van der Waals surface area contributed by atoms with Crippen molar-refractivity contribution in [2.75, 3.05) is 0 Å². The van der Waals surface area contributed by atoms with Crippen molar-refractivity contribution in [2.45, 2.75) is 26.7 Å². The second kappa shape index (κ2) is 3.65. The van der Waals surface area contributed by atoms with E-state index >= 15 is 0 Å². The van der Waals surface area contributed by atoms with Gasteiger partial charge in [-0.05, 0) is 41.0 Å². The highest BCUT2D eigenvalue weighted by molar-refractivity contribution is 5.74. The third-order valence-electron chi connectivity index (χ3n) is 2.94. The van der Waals surface area contributed by atoms with E-state index in [0.29, 0.717) is 5.41 Å². The predicted octanol–water partition coefficient (Wildman–Crippen LogP) is 3.02. The Morgan fingerprint density at radius 2 is 1.93 bits per heavy atom. The van der Waals surface area contributed by atoms with Crippen molar-refractivity contribution in [3.8, 4) is 0 Å².